The summed E-state index contributed by atoms with van der Waals surface area (Å²) >= 11 is 5.42. The highest BCUT2D eigenvalue weighted by Gasteiger charge is 2.11. The van der Waals surface area contributed by atoms with Crippen molar-refractivity contribution in [3.05, 3.63) is 12.1 Å². The molecule has 0 radical (unpaired) electrons. The SMILES string of the molecule is CCCSc1cc(SCCC)c(O)c(SCCC)c1. The third-order valence-electron chi connectivity index (χ3n) is 2.41. The number of rotatable bonds is 9. The van der Waals surface area contributed by atoms with Crippen LogP contribution >= 0.6 is 35.3 Å². The highest BCUT2D eigenvalue weighted by molar-refractivity contribution is 8.01. The zero-order chi connectivity index (χ0) is 14.1. The van der Waals surface area contributed by atoms with E-state index in [0.717, 1.165) is 39.9 Å². The first-order valence-corrected chi connectivity index (χ1v) is 9.93. The van der Waals surface area contributed by atoms with Crippen molar-refractivity contribution in [2.75, 3.05) is 17.3 Å². The molecule has 0 heterocycles. The van der Waals surface area contributed by atoms with Gasteiger partial charge in [0.2, 0.25) is 0 Å². The summed E-state index contributed by atoms with van der Waals surface area (Å²) in [6.07, 6.45) is 3.45. The van der Waals surface area contributed by atoms with Gasteiger partial charge in [-0.2, -0.15) is 0 Å². The Morgan fingerprint density at radius 3 is 1.63 bits per heavy atom. The average Bonchev–Trinajstić information content (AvgIpc) is 2.43. The summed E-state index contributed by atoms with van der Waals surface area (Å²) in [6, 6.07) is 4.29. The Labute approximate surface area is 130 Å². The maximum Gasteiger partial charge on any atom is 0.142 e. The van der Waals surface area contributed by atoms with E-state index in [4.69, 9.17) is 0 Å². The molecule has 1 aromatic carbocycles. The van der Waals surface area contributed by atoms with Crippen molar-refractivity contribution < 1.29 is 5.11 Å². The molecule has 0 aliphatic carbocycles. The quantitative estimate of drug-likeness (QED) is 0.572. The van der Waals surface area contributed by atoms with Crippen LogP contribution in [0.2, 0.25) is 0 Å². The van der Waals surface area contributed by atoms with Crippen molar-refractivity contribution in [1.82, 2.24) is 0 Å². The van der Waals surface area contributed by atoms with E-state index < -0.39 is 0 Å². The van der Waals surface area contributed by atoms with Crippen LogP contribution in [0.1, 0.15) is 40.0 Å². The molecule has 4 heteroatoms. The molecule has 0 aliphatic heterocycles. The molecule has 1 aromatic rings. The third-order valence-corrected chi connectivity index (χ3v) is 6.06. The van der Waals surface area contributed by atoms with Crippen molar-refractivity contribution in [2.45, 2.75) is 54.7 Å². The van der Waals surface area contributed by atoms with Crippen molar-refractivity contribution in [3.63, 3.8) is 0 Å². The molecule has 0 amide bonds. The van der Waals surface area contributed by atoms with Crippen LogP contribution in [0.25, 0.3) is 0 Å². The van der Waals surface area contributed by atoms with Crippen LogP contribution < -0.4 is 0 Å². The molecule has 1 rings (SSSR count). The lowest BCUT2D eigenvalue weighted by molar-refractivity contribution is 0.448. The van der Waals surface area contributed by atoms with Crippen molar-refractivity contribution >= 4 is 35.3 Å². The van der Waals surface area contributed by atoms with E-state index >= 15 is 0 Å². The molecule has 0 atom stereocenters. The Kier molecular flexibility index (Phi) is 8.92. The van der Waals surface area contributed by atoms with E-state index in [2.05, 4.69) is 32.9 Å². The predicted octanol–water partition coefficient (Wildman–Crippen LogP) is 5.90. The zero-order valence-corrected chi connectivity index (χ0v) is 14.5. The number of hydrogen-bond acceptors (Lipinski definition) is 4. The number of benzene rings is 1. The smallest absolute Gasteiger partial charge is 0.142 e. The minimum absolute atomic E-state index is 0.484. The molecule has 0 fully saturated rings. The molecule has 1 nitrogen and oxygen atoms in total. The third kappa shape index (κ3) is 5.92. The van der Waals surface area contributed by atoms with Gasteiger partial charge in [0.15, 0.2) is 0 Å². The van der Waals surface area contributed by atoms with Gasteiger partial charge in [-0.15, -0.1) is 35.3 Å². The zero-order valence-electron chi connectivity index (χ0n) is 12.1. The molecule has 0 spiro atoms. The second-order valence-corrected chi connectivity index (χ2v) is 7.76. The Morgan fingerprint density at radius 2 is 1.21 bits per heavy atom. The fourth-order valence-electron chi connectivity index (χ4n) is 1.51. The first-order chi connectivity index (χ1) is 9.22. The molecule has 0 saturated carbocycles. The average molecular weight is 317 g/mol. The fourth-order valence-corrected chi connectivity index (χ4v) is 4.32. The Hall–Kier alpha value is 0.0700. The summed E-state index contributed by atoms with van der Waals surface area (Å²) in [5.41, 5.74) is 0. The number of hydrogen-bond donors (Lipinski definition) is 1. The van der Waals surface area contributed by atoms with E-state index in [1.807, 2.05) is 11.8 Å². The summed E-state index contributed by atoms with van der Waals surface area (Å²) in [5, 5.41) is 10.3. The summed E-state index contributed by atoms with van der Waals surface area (Å²) in [7, 11) is 0. The van der Waals surface area contributed by atoms with Gasteiger partial charge in [0.25, 0.3) is 0 Å². The second kappa shape index (κ2) is 9.89. The topological polar surface area (TPSA) is 20.2 Å². The van der Waals surface area contributed by atoms with E-state index in [1.165, 1.54) is 11.3 Å². The van der Waals surface area contributed by atoms with Gasteiger partial charge in [-0.25, -0.2) is 0 Å². The van der Waals surface area contributed by atoms with E-state index in [9.17, 15) is 5.11 Å². The minimum atomic E-state index is 0.484. The van der Waals surface area contributed by atoms with Gasteiger partial charge in [-0.1, -0.05) is 20.8 Å². The van der Waals surface area contributed by atoms with Crippen LogP contribution in [0.4, 0.5) is 0 Å². The summed E-state index contributed by atoms with van der Waals surface area (Å²) < 4.78 is 0. The number of phenols is 1. The van der Waals surface area contributed by atoms with Gasteiger partial charge < -0.3 is 5.11 Å². The summed E-state index contributed by atoms with van der Waals surface area (Å²) in [4.78, 5) is 3.37. The second-order valence-electron chi connectivity index (χ2n) is 4.31. The van der Waals surface area contributed by atoms with Gasteiger partial charge in [0, 0.05) is 4.90 Å². The Morgan fingerprint density at radius 1 is 0.789 bits per heavy atom. The van der Waals surface area contributed by atoms with Crippen molar-refractivity contribution in [1.29, 1.82) is 0 Å². The highest BCUT2D eigenvalue weighted by atomic mass is 32.2. The lowest BCUT2D eigenvalue weighted by Crippen LogP contribution is -1.86. The molecule has 0 unspecified atom stereocenters. The lowest BCUT2D eigenvalue weighted by Gasteiger charge is -2.12. The molecule has 19 heavy (non-hydrogen) atoms. The molecular formula is C15H24OS3. The molecule has 108 valence electrons. The van der Waals surface area contributed by atoms with Crippen LogP contribution in [0.5, 0.6) is 5.75 Å². The Balaban J connectivity index is 2.92. The van der Waals surface area contributed by atoms with Gasteiger partial charge in [0.05, 0.1) is 9.79 Å². The number of aromatic hydroxyl groups is 1. The van der Waals surface area contributed by atoms with Gasteiger partial charge in [0.1, 0.15) is 5.75 Å². The molecule has 0 saturated heterocycles. The minimum Gasteiger partial charge on any atom is -0.506 e. The molecule has 1 N–H and O–H groups in total. The van der Waals surface area contributed by atoms with Gasteiger partial charge >= 0.3 is 0 Å². The first-order valence-electron chi connectivity index (χ1n) is 6.98. The van der Waals surface area contributed by atoms with Crippen molar-refractivity contribution in [2.24, 2.45) is 0 Å². The van der Waals surface area contributed by atoms with E-state index in [0.29, 0.717) is 5.75 Å². The van der Waals surface area contributed by atoms with Crippen LogP contribution in [-0.2, 0) is 0 Å². The predicted molar refractivity (Wildman–Crippen MR) is 91.2 cm³/mol. The lowest BCUT2D eigenvalue weighted by atomic mass is 10.3. The highest BCUT2D eigenvalue weighted by Crippen LogP contribution is 2.41. The molecule has 0 aromatic heterocycles. The number of phenolic OH excluding ortho intramolecular Hbond substituents is 1. The standard InChI is InChI=1S/C15H24OS3/c1-4-7-17-12-10-13(18-8-5-2)15(16)14(11-12)19-9-6-3/h10-11,16H,4-9H2,1-3H3. The number of thioether (sulfide) groups is 3. The van der Waals surface area contributed by atoms with E-state index in [1.54, 1.807) is 23.5 Å². The summed E-state index contributed by atoms with van der Waals surface area (Å²) in [6.45, 7) is 6.55. The van der Waals surface area contributed by atoms with Gasteiger partial charge in [-0.05, 0) is 48.7 Å². The van der Waals surface area contributed by atoms with Crippen LogP contribution in [0.15, 0.2) is 26.8 Å². The van der Waals surface area contributed by atoms with Crippen LogP contribution in [0, 0.1) is 0 Å². The summed E-state index contributed by atoms with van der Waals surface area (Å²) in [5.74, 6) is 3.75. The monoisotopic (exact) mass is 316 g/mol. The molecule has 0 aliphatic rings. The van der Waals surface area contributed by atoms with Gasteiger partial charge in [-0.3, -0.25) is 0 Å². The Bertz CT molecular complexity index is 351. The maximum absolute atomic E-state index is 10.3. The van der Waals surface area contributed by atoms with Crippen LogP contribution in [0.3, 0.4) is 0 Å². The largest absolute Gasteiger partial charge is 0.506 e. The normalized spacial score (nSPS) is 10.9. The van der Waals surface area contributed by atoms with Crippen molar-refractivity contribution in [3.8, 4) is 5.75 Å². The maximum atomic E-state index is 10.3. The molecular weight excluding hydrogens is 292 g/mol. The first kappa shape index (κ1) is 17.1. The van der Waals surface area contributed by atoms with E-state index in [-0.39, 0.29) is 0 Å². The fraction of sp³-hybridized carbons (Fsp3) is 0.600. The van der Waals surface area contributed by atoms with Crippen LogP contribution in [-0.4, -0.2) is 22.4 Å². The molecule has 0 bridgehead atoms.